The van der Waals surface area contributed by atoms with Crippen molar-refractivity contribution in [3.05, 3.63) is 60.0 Å². The van der Waals surface area contributed by atoms with Crippen molar-refractivity contribution >= 4 is 27.1 Å². The highest BCUT2D eigenvalue weighted by Gasteiger charge is 2.22. The first kappa shape index (κ1) is 19.1. The lowest BCUT2D eigenvalue weighted by molar-refractivity contribution is 0.0440. The molecule has 0 atom stereocenters. The molecule has 0 unspecified atom stereocenters. The minimum atomic E-state index is -3.56. The van der Waals surface area contributed by atoms with Gasteiger partial charge < -0.3 is 9.15 Å². The average Bonchev–Trinajstić information content (AvgIpc) is 3.10. The normalized spacial score (nSPS) is 11.8. The number of hydrogen-bond acceptors (Lipinski definition) is 6. The molecule has 3 rings (SSSR count). The molecule has 0 aliphatic heterocycles. The molecule has 0 spiro atoms. The Morgan fingerprint density at radius 2 is 1.74 bits per heavy atom. The summed E-state index contributed by atoms with van der Waals surface area (Å²) in [6.45, 7) is 4.21. The number of oxazole rings is 1. The van der Waals surface area contributed by atoms with Gasteiger partial charge in [0.15, 0.2) is 12.2 Å². The maximum Gasteiger partial charge on any atom is 0.338 e. The van der Waals surface area contributed by atoms with Crippen LogP contribution in [0.3, 0.4) is 0 Å². The fourth-order valence-corrected chi connectivity index (χ4v) is 4.13. The third kappa shape index (κ3) is 4.01. The number of para-hydroxylation sites is 2. The molecule has 0 saturated carbocycles. The molecular weight excluding hydrogens is 368 g/mol. The maximum absolute atomic E-state index is 12.5. The summed E-state index contributed by atoms with van der Waals surface area (Å²) in [6.07, 6.45) is 0. The monoisotopic (exact) mass is 388 g/mol. The summed E-state index contributed by atoms with van der Waals surface area (Å²) in [4.78, 5) is 16.6. The highest BCUT2D eigenvalue weighted by molar-refractivity contribution is 7.89. The fraction of sp³-hybridized carbons (Fsp3) is 0.263. The van der Waals surface area contributed by atoms with Crippen molar-refractivity contribution in [2.75, 3.05) is 13.1 Å². The first-order chi connectivity index (χ1) is 13.0. The lowest BCUT2D eigenvalue weighted by atomic mass is 10.2. The molecule has 0 N–H and O–H groups in total. The summed E-state index contributed by atoms with van der Waals surface area (Å²) >= 11 is 0. The van der Waals surface area contributed by atoms with E-state index in [1.54, 1.807) is 26.0 Å². The number of esters is 1. The van der Waals surface area contributed by atoms with Gasteiger partial charge in [-0.2, -0.15) is 4.31 Å². The molecule has 142 valence electrons. The molecule has 1 heterocycles. The third-order valence-corrected chi connectivity index (χ3v) is 6.16. The highest BCUT2D eigenvalue weighted by Crippen LogP contribution is 2.18. The van der Waals surface area contributed by atoms with Gasteiger partial charge in [-0.15, -0.1) is 0 Å². The molecule has 1 aromatic heterocycles. The number of fused-ring (bicyclic) bond motifs is 1. The Morgan fingerprint density at radius 1 is 1.07 bits per heavy atom. The van der Waals surface area contributed by atoms with E-state index in [9.17, 15) is 13.2 Å². The summed E-state index contributed by atoms with van der Waals surface area (Å²) in [5.74, 6) is -0.283. The molecule has 0 aliphatic carbocycles. The van der Waals surface area contributed by atoms with E-state index in [0.29, 0.717) is 30.1 Å². The summed E-state index contributed by atoms with van der Waals surface area (Å²) in [6, 6.07) is 12.9. The van der Waals surface area contributed by atoms with Crippen LogP contribution in [0.15, 0.2) is 57.8 Å². The quantitative estimate of drug-likeness (QED) is 0.577. The molecule has 0 radical (unpaired) electrons. The molecule has 27 heavy (non-hydrogen) atoms. The second-order valence-corrected chi connectivity index (χ2v) is 7.70. The molecule has 0 fully saturated rings. The Kier molecular flexibility index (Phi) is 5.57. The first-order valence-electron chi connectivity index (χ1n) is 8.57. The van der Waals surface area contributed by atoms with Gasteiger partial charge in [-0.05, 0) is 36.4 Å². The Morgan fingerprint density at radius 3 is 2.37 bits per heavy atom. The van der Waals surface area contributed by atoms with E-state index < -0.39 is 16.0 Å². The van der Waals surface area contributed by atoms with Crippen LogP contribution in [0.5, 0.6) is 0 Å². The van der Waals surface area contributed by atoms with Gasteiger partial charge >= 0.3 is 5.97 Å². The Balaban J connectivity index is 1.68. The van der Waals surface area contributed by atoms with Crippen LogP contribution in [-0.4, -0.2) is 36.8 Å². The zero-order valence-electron chi connectivity index (χ0n) is 15.1. The fourth-order valence-electron chi connectivity index (χ4n) is 2.67. The van der Waals surface area contributed by atoms with Crippen LogP contribution >= 0.6 is 0 Å². The predicted octanol–water partition coefficient (Wildman–Crippen LogP) is 3.22. The van der Waals surface area contributed by atoms with E-state index >= 15 is 0 Å². The topological polar surface area (TPSA) is 89.7 Å². The first-order valence-corrected chi connectivity index (χ1v) is 10.0. The minimum absolute atomic E-state index is 0.104. The lowest BCUT2D eigenvalue weighted by Crippen LogP contribution is -2.30. The molecule has 0 saturated heterocycles. The van der Waals surface area contributed by atoms with E-state index in [2.05, 4.69) is 4.98 Å². The minimum Gasteiger partial charge on any atom is -0.452 e. The lowest BCUT2D eigenvalue weighted by Gasteiger charge is -2.18. The van der Waals surface area contributed by atoms with Crippen LogP contribution in [0, 0.1) is 0 Å². The molecule has 0 aliphatic rings. The van der Waals surface area contributed by atoms with Gasteiger partial charge in [0.05, 0.1) is 10.5 Å². The molecule has 3 aromatic rings. The highest BCUT2D eigenvalue weighted by atomic mass is 32.2. The summed E-state index contributed by atoms with van der Waals surface area (Å²) in [7, 11) is -3.56. The molecule has 0 amide bonds. The van der Waals surface area contributed by atoms with Gasteiger partial charge in [0.1, 0.15) is 5.52 Å². The van der Waals surface area contributed by atoms with Gasteiger partial charge in [0.25, 0.3) is 0 Å². The predicted molar refractivity (Wildman–Crippen MR) is 99.7 cm³/mol. The Hall–Kier alpha value is -2.71. The number of carbonyl (C=O) groups is 1. The second kappa shape index (κ2) is 7.89. The van der Waals surface area contributed by atoms with Gasteiger partial charge in [-0.1, -0.05) is 26.0 Å². The average molecular weight is 388 g/mol. The Labute approximate surface area is 157 Å². The van der Waals surface area contributed by atoms with Gasteiger partial charge in [-0.3, -0.25) is 0 Å². The van der Waals surface area contributed by atoms with Crippen LogP contribution in [0.25, 0.3) is 11.1 Å². The number of benzene rings is 2. The van der Waals surface area contributed by atoms with E-state index in [-0.39, 0.29) is 17.1 Å². The van der Waals surface area contributed by atoms with Crippen molar-refractivity contribution in [2.24, 2.45) is 0 Å². The molecule has 7 nitrogen and oxygen atoms in total. The van der Waals surface area contributed by atoms with Gasteiger partial charge in [0.2, 0.25) is 15.9 Å². The summed E-state index contributed by atoms with van der Waals surface area (Å²) in [5, 5.41) is 0. The smallest absolute Gasteiger partial charge is 0.338 e. The van der Waals surface area contributed by atoms with Gasteiger partial charge in [0, 0.05) is 13.1 Å². The van der Waals surface area contributed by atoms with E-state index in [1.807, 2.05) is 12.1 Å². The SMILES string of the molecule is CCN(CC)S(=O)(=O)c1ccc(C(=O)OCc2nc3ccccc3o2)cc1. The van der Waals surface area contributed by atoms with Crippen LogP contribution in [0.1, 0.15) is 30.1 Å². The maximum atomic E-state index is 12.5. The van der Waals surface area contributed by atoms with Crippen molar-refractivity contribution in [1.82, 2.24) is 9.29 Å². The number of aromatic nitrogens is 1. The van der Waals surface area contributed by atoms with Gasteiger partial charge in [-0.25, -0.2) is 18.2 Å². The van der Waals surface area contributed by atoms with E-state index in [4.69, 9.17) is 9.15 Å². The molecule has 0 bridgehead atoms. The number of sulfonamides is 1. The van der Waals surface area contributed by atoms with Crippen molar-refractivity contribution in [1.29, 1.82) is 0 Å². The molecule has 8 heteroatoms. The number of rotatable bonds is 7. The van der Waals surface area contributed by atoms with E-state index in [1.165, 1.54) is 28.6 Å². The number of carbonyl (C=O) groups excluding carboxylic acids is 1. The van der Waals surface area contributed by atoms with Crippen LogP contribution in [0.2, 0.25) is 0 Å². The third-order valence-electron chi connectivity index (χ3n) is 4.10. The number of ether oxygens (including phenoxy) is 1. The summed E-state index contributed by atoms with van der Waals surface area (Å²) in [5.41, 5.74) is 1.56. The van der Waals surface area contributed by atoms with Crippen LogP contribution in [-0.2, 0) is 21.4 Å². The zero-order valence-corrected chi connectivity index (χ0v) is 15.9. The van der Waals surface area contributed by atoms with Crippen LogP contribution in [0.4, 0.5) is 0 Å². The molecular formula is C19H20N2O5S. The van der Waals surface area contributed by atoms with Crippen molar-refractivity contribution < 1.29 is 22.4 Å². The van der Waals surface area contributed by atoms with Crippen molar-refractivity contribution in [3.63, 3.8) is 0 Å². The number of hydrogen-bond donors (Lipinski definition) is 0. The van der Waals surface area contributed by atoms with Crippen molar-refractivity contribution in [3.8, 4) is 0 Å². The van der Waals surface area contributed by atoms with Crippen molar-refractivity contribution in [2.45, 2.75) is 25.3 Å². The summed E-state index contributed by atoms with van der Waals surface area (Å²) < 4.78 is 37.0. The van der Waals surface area contributed by atoms with Crippen LogP contribution < -0.4 is 0 Å². The molecule has 2 aromatic carbocycles. The van der Waals surface area contributed by atoms with E-state index in [0.717, 1.165) is 0 Å². The second-order valence-electron chi connectivity index (χ2n) is 5.77. The Bertz CT molecular complexity index is 1000. The zero-order chi connectivity index (χ0) is 19.4. The number of nitrogens with zero attached hydrogens (tertiary/aromatic N) is 2. The standard InChI is InChI=1S/C19H20N2O5S/c1-3-21(4-2)27(23,24)15-11-9-14(10-12-15)19(22)25-13-18-20-16-7-5-6-8-17(16)26-18/h5-12H,3-4,13H2,1-2H3. The largest absolute Gasteiger partial charge is 0.452 e.